The number of hydrogen-bond donors (Lipinski definition) is 2. The van der Waals surface area contributed by atoms with Crippen LogP contribution in [-0.2, 0) is 12.4 Å². The molecule has 1 rings (SSSR count). The molecule has 0 aliphatic carbocycles. The zero-order chi connectivity index (χ0) is 15.7. The SMILES string of the molecule is CN(Nc1cc(C(F)(F)F)cc(C(F)(F)F)c1)C(N)=O. The molecule has 0 aromatic heterocycles. The lowest BCUT2D eigenvalue weighted by Crippen LogP contribution is -2.36. The van der Waals surface area contributed by atoms with E-state index in [1.165, 1.54) is 0 Å². The molecule has 4 nitrogen and oxygen atoms in total. The molecule has 0 aliphatic rings. The largest absolute Gasteiger partial charge is 0.416 e. The van der Waals surface area contributed by atoms with Crippen LogP contribution in [0.1, 0.15) is 11.1 Å². The number of benzene rings is 1. The minimum absolute atomic E-state index is 0.0184. The van der Waals surface area contributed by atoms with Gasteiger partial charge in [-0.15, -0.1) is 0 Å². The van der Waals surface area contributed by atoms with Gasteiger partial charge in [-0.2, -0.15) is 26.3 Å². The molecule has 0 saturated heterocycles. The minimum atomic E-state index is -4.96. The summed E-state index contributed by atoms with van der Waals surface area (Å²) >= 11 is 0. The van der Waals surface area contributed by atoms with Gasteiger partial charge in [-0.25, -0.2) is 9.80 Å². The zero-order valence-electron chi connectivity index (χ0n) is 9.93. The van der Waals surface area contributed by atoms with E-state index in [0.717, 1.165) is 7.05 Å². The van der Waals surface area contributed by atoms with Crippen LogP contribution in [0.5, 0.6) is 0 Å². The maximum Gasteiger partial charge on any atom is 0.416 e. The fraction of sp³-hybridized carbons (Fsp3) is 0.300. The number of anilines is 1. The summed E-state index contributed by atoms with van der Waals surface area (Å²) in [6, 6.07) is -0.213. The van der Waals surface area contributed by atoms with Crippen LogP contribution in [0.25, 0.3) is 0 Å². The number of rotatable bonds is 2. The Hall–Kier alpha value is -2.13. The van der Waals surface area contributed by atoms with Gasteiger partial charge in [0, 0.05) is 7.05 Å². The topological polar surface area (TPSA) is 58.4 Å². The average Bonchev–Trinajstić information content (AvgIpc) is 2.26. The Morgan fingerprint density at radius 3 is 1.75 bits per heavy atom. The minimum Gasteiger partial charge on any atom is -0.350 e. The molecule has 0 fully saturated rings. The second-order valence-electron chi connectivity index (χ2n) is 3.80. The molecule has 0 atom stereocenters. The summed E-state index contributed by atoms with van der Waals surface area (Å²) in [5.74, 6) is 0. The van der Waals surface area contributed by atoms with Gasteiger partial charge in [0.05, 0.1) is 16.8 Å². The number of halogens is 6. The van der Waals surface area contributed by atoms with Crippen molar-refractivity contribution in [1.82, 2.24) is 5.01 Å². The van der Waals surface area contributed by atoms with Crippen molar-refractivity contribution in [2.75, 3.05) is 12.5 Å². The van der Waals surface area contributed by atoms with E-state index in [-0.39, 0.29) is 6.07 Å². The summed E-state index contributed by atoms with van der Waals surface area (Å²) in [5, 5.41) is 0.551. The van der Waals surface area contributed by atoms with E-state index >= 15 is 0 Å². The van der Waals surface area contributed by atoms with Crippen LogP contribution < -0.4 is 11.2 Å². The monoisotopic (exact) mass is 301 g/mol. The van der Waals surface area contributed by atoms with Gasteiger partial charge in [0.15, 0.2) is 0 Å². The first-order valence-corrected chi connectivity index (χ1v) is 5.00. The van der Waals surface area contributed by atoms with Crippen LogP contribution in [0.15, 0.2) is 18.2 Å². The standard InChI is InChI=1S/C10H9F6N3O/c1-19(8(17)20)18-7-3-5(9(11,12)13)2-6(4-7)10(14,15)16/h2-4,18H,1H3,(H2,17,20). The zero-order valence-corrected chi connectivity index (χ0v) is 9.93. The van der Waals surface area contributed by atoms with E-state index in [1.807, 2.05) is 5.43 Å². The van der Waals surface area contributed by atoms with Gasteiger partial charge in [0.2, 0.25) is 0 Å². The highest BCUT2D eigenvalue weighted by Crippen LogP contribution is 2.37. The summed E-state index contributed by atoms with van der Waals surface area (Å²) in [6.07, 6.45) is -9.91. The molecule has 112 valence electrons. The maximum atomic E-state index is 12.5. The van der Waals surface area contributed by atoms with Gasteiger partial charge < -0.3 is 5.73 Å². The third kappa shape index (κ3) is 3.93. The van der Waals surface area contributed by atoms with E-state index in [4.69, 9.17) is 5.73 Å². The molecular formula is C10H9F6N3O. The molecule has 0 radical (unpaired) electrons. The van der Waals surface area contributed by atoms with Crippen molar-refractivity contribution in [1.29, 1.82) is 0 Å². The van der Waals surface area contributed by atoms with E-state index in [1.54, 1.807) is 0 Å². The smallest absolute Gasteiger partial charge is 0.350 e. The van der Waals surface area contributed by atoms with Crippen LogP contribution in [0.3, 0.4) is 0 Å². The van der Waals surface area contributed by atoms with Gasteiger partial charge in [0.25, 0.3) is 0 Å². The molecule has 20 heavy (non-hydrogen) atoms. The van der Waals surface area contributed by atoms with Gasteiger partial charge in [-0.1, -0.05) is 0 Å². The van der Waals surface area contributed by atoms with Gasteiger partial charge in [-0.3, -0.25) is 5.43 Å². The second kappa shape index (κ2) is 5.10. The molecule has 0 bridgehead atoms. The van der Waals surface area contributed by atoms with Crippen LogP contribution in [-0.4, -0.2) is 18.1 Å². The summed E-state index contributed by atoms with van der Waals surface area (Å²) < 4.78 is 75.2. The fourth-order valence-corrected chi connectivity index (χ4v) is 1.27. The first kappa shape index (κ1) is 15.9. The molecule has 10 heteroatoms. The Labute approximate surface area is 109 Å². The number of urea groups is 1. The average molecular weight is 301 g/mol. The first-order valence-electron chi connectivity index (χ1n) is 5.00. The van der Waals surface area contributed by atoms with E-state index in [0.29, 0.717) is 17.1 Å². The number of hydrogen-bond acceptors (Lipinski definition) is 2. The Morgan fingerprint density at radius 1 is 1.05 bits per heavy atom. The summed E-state index contributed by atoms with van der Waals surface area (Å²) in [5.41, 5.74) is 3.29. The number of nitrogens with zero attached hydrogens (tertiary/aromatic N) is 1. The Bertz CT molecular complexity index is 478. The van der Waals surface area contributed by atoms with Gasteiger partial charge >= 0.3 is 18.4 Å². The van der Waals surface area contributed by atoms with Crippen LogP contribution in [0.4, 0.5) is 36.8 Å². The molecule has 0 heterocycles. The molecule has 0 spiro atoms. The lowest BCUT2D eigenvalue weighted by molar-refractivity contribution is -0.143. The first-order chi connectivity index (χ1) is 8.91. The molecule has 1 aromatic rings. The molecule has 2 amide bonds. The van der Waals surface area contributed by atoms with Crippen LogP contribution >= 0.6 is 0 Å². The van der Waals surface area contributed by atoms with Crippen molar-refractivity contribution >= 4 is 11.7 Å². The van der Waals surface area contributed by atoms with Gasteiger partial charge in [0.1, 0.15) is 0 Å². The molecule has 3 N–H and O–H groups in total. The number of amides is 2. The third-order valence-corrected chi connectivity index (χ3v) is 2.22. The van der Waals surface area contributed by atoms with Crippen LogP contribution in [0.2, 0.25) is 0 Å². The Balaban J connectivity index is 3.28. The highest BCUT2D eigenvalue weighted by atomic mass is 19.4. The number of carbonyl (C=O) groups excluding carboxylic acids is 1. The number of carbonyl (C=O) groups is 1. The second-order valence-corrected chi connectivity index (χ2v) is 3.80. The van der Waals surface area contributed by atoms with Crippen molar-refractivity contribution in [3.8, 4) is 0 Å². The Morgan fingerprint density at radius 2 is 1.45 bits per heavy atom. The molecule has 0 unspecified atom stereocenters. The predicted octanol–water partition coefficient (Wildman–Crippen LogP) is 3.06. The molecule has 0 saturated carbocycles. The number of nitrogens with two attached hydrogens (primary N) is 1. The van der Waals surface area contributed by atoms with E-state index < -0.39 is 35.2 Å². The van der Waals surface area contributed by atoms with E-state index in [2.05, 4.69) is 0 Å². The summed E-state index contributed by atoms with van der Waals surface area (Å²) in [6.45, 7) is 0. The summed E-state index contributed by atoms with van der Waals surface area (Å²) in [4.78, 5) is 10.7. The van der Waals surface area contributed by atoms with Gasteiger partial charge in [-0.05, 0) is 18.2 Å². The molecular weight excluding hydrogens is 292 g/mol. The Kier molecular flexibility index (Phi) is 4.06. The van der Waals surface area contributed by atoms with Crippen molar-refractivity contribution in [2.45, 2.75) is 12.4 Å². The van der Waals surface area contributed by atoms with E-state index in [9.17, 15) is 31.1 Å². The lowest BCUT2D eigenvalue weighted by atomic mass is 10.1. The quantitative estimate of drug-likeness (QED) is 0.651. The summed E-state index contributed by atoms with van der Waals surface area (Å²) in [7, 11) is 1.05. The highest BCUT2D eigenvalue weighted by molar-refractivity contribution is 5.73. The lowest BCUT2D eigenvalue weighted by Gasteiger charge is -2.19. The normalized spacial score (nSPS) is 12.2. The molecule has 1 aromatic carbocycles. The van der Waals surface area contributed by atoms with Crippen LogP contribution in [0, 0.1) is 0 Å². The van der Waals surface area contributed by atoms with Crippen molar-refractivity contribution in [3.05, 3.63) is 29.3 Å². The van der Waals surface area contributed by atoms with Crippen molar-refractivity contribution in [3.63, 3.8) is 0 Å². The molecule has 0 aliphatic heterocycles. The highest BCUT2D eigenvalue weighted by Gasteiger charge is 2.37. The number of alkyl halides is 6. The predicted molar refractivity (Wildman–Crippen MR) is 57.4 cm³/mol. The number of primary amides is 1. The third-order valence-electron chi connectivity index (χ3n) is 2.22. The number of hydrazine groups is 1. The fourth-order valence-electron chi connectivity index (χ4n) is 1.27. The van der Waals surface area contributed by atoms with Crippen molar-refractivity contribution in [2.24, 2.45) is 5.73 Å². The maximum absolute atomic E-state index is 12.5. The number of nitrogens with one attached hydrogen (secondary N) is 1. The van der Waals surface area contributed by atoms with Crippen molar-refractivity contribution < 1.29 is 31.1 Å².